The van der Waals surface area contributed by atoms with Gasteiger partial charge in [0.25, 0.3) is 5.91 Å². The van der Waals surface area contributed by atoms with Gasteiger partial charge in [-0.2, -0.15) is 4.98 Å². The zero-order valence-electron chi connectivity index (χ0n) is 15.7. The SMILES string of the molecule is C[C@@H]1C[C@H](Nc2nc(NC(C)(C)C)ncc2C(N)=O)CCC1(C)C. The molecule has 1 saturated carbocycles. The van der Waals surface area contributed by atoms with Gasteiger partial charge < -0.3 is 16.4 Å². The third-order valence-electron chi connectivity index (χ3n) is 4.99. The van der Waals surface area contributed by atoms with Gasteiger partial charge in [-0.15, -0.1) is 0 Å². The van der Waals surface area contributed by atoms with Crippen molar-refractivity contribution in [3.05, 3.63) is 11.8 Å². The van der Waals surface area contributed by atoms with Crippen LogP contribution < -0.4 is 16.4 Å². The van der Waals surface area contributed by atoms with E-state index >= 15 is 0 Å². The molecule has 6 nitrogen and oxygen atoms in total. The molecular formula is C18H31N5O. The fraction of sp³-hybridized carbons (Fsp3) is 0.722. The number of anilines is 2. The number of nitrogens with one attached hydrogen (secondary N) is 2. The van der Waals surface area contributed by atoms with Gasteiger partial charge in [-0.1, -0.05) is 20.8 Å². The average molecular weight is 333 g/mol. The summed E-state index contributed by atoms with van der Waals surface area (Å²) in [6, 6.07) is 0.295. The number of carbonyl (C=O) groups is 1. The summed E-state index contributed by atoms with van der Waals surface area (Å²) in [4.78, 5) is 20.4. The van der Waals surface area contributed by atoms with Crippen LogP contribution >= 0.6 is 0 Å². The molecule has 2 rings (SSSR count). The Morgan fingerprint density at radius 1 is 1.38 bits per heavy atom. The lowest BCUT2D eigenvalue weighted by Crippen LogP contribution is -2.37. The van der Waals surface area contributed by atoms with E-state index in [1.54, 1.807) is 0 Å². The van der Waals surface area contributed by atoms with Crippen LogP contribution in [-0.2, 0) is 0 Å². The molecule has 0 saturated heterocycles. The first-order chi connectivity index (χ1) is 11.0. The minimum absolute atomic E-state index is 0.158. The Balaban J connectivity index is 2.21. The van der Waals surface area contributed by atoms with E-state index in [0.717, 1.165) is 19.3 Å². The Morgan fingerprint density at radius 3 is 2.58 bits per heavy atom. The van der Waals surface area contributed by atoms with E-state index in [0.29, 0.717) is 34.7 Å². The monoisotopic (exact) mass is 333 g/mol. The molecule has 1 heterocycles. The summed E-state index contributed by atoms with van der Waals surface area (Å²) in [6.07, 6.45) is 4.76. The van der Waals surface area contributed by atoms with Gasteiger partial charge in [-0.25, -0.2) is 4.98 Å². The van der Waals surface area contributed by atoms with Crippen LogP contribution in [0.25, 0.3) is 0 Å². The van der Waals surface area contributed by atoms with Crippen LogP contribution in [0.5, 0.6) is 0 Å². The summed E-state index contributed by atoms with van der Waals surface area (Å²) in [5.41, 5.74) is 6.03. The van der Waals surface area contributed by atoms with Gasteiger partial charge in [0.05, 0.1) is 5.56 Å². The first-order valence-corrected chi connectivity index (χ1v) is 8.69. The zero-order valence-corrected chi connectivity index (χ0v) is 15.7. The highest BCUT2D eigenvalue weighted by atomic mass is 16.1. The maximum atomic E-state index is 11.7. The third-order valence-corrected chi connectivity index (χ3v) is 4.99. The van der Waals surface area contributed by atoms with Crippen molar-refractivity contribution in [2.75, 3.05) is 10.6 Å². The molecule has 1 amide bonds. The lowest BCUT2D eigenvalue weighted by Gasteiger charge is -2.40. The number of primary amides is 1. The Labute approximate surface area is 145 Å². The highest BCUT2D eigenvalue weighted by molar-refractivity contribution is 5.97. The molecule has 0 aromatic carbocycles. The number of hydrogen-bond donors (Lipinski definition) is 3. The molecule has 1 aliphatic rings. The number of nitrogens with zero attached hydrogens (tertiary/aromatic N) is 2. The fourth-order valence-electron chi connectivity index (χ4n) is 3.05. The summed E-state index contributed by atoms with van der Waals surface area (Å²) in [6.45, 7) is 13.0. The maximum Gasteiger partial charge on any atom is 0.254 e. The molecule has 0 spiro atoms. The van der Waals surface area contributed by atoms with Gasteiger partial charge in [0.15, 0.2) is 0 Å². The van der Waals surface area contributed by atoms with E-state index in [9.17, 15) is 4.79 Å². The first kappa shape index (κ1) is 18.5. The quantitative estimate of drug-likeness (QED) is 0.785. The molecule has 6 heteroatoms. The molecule has 1 aliphatic carbocycles. The molecule has 0 aliphatic heterocycles. The molecule has 2 atom stereocenters. The van der Waals surface area contributed by atoms with Gasteiger partial charge in [0.2, 0.25) is 5.95 Å². The van der Waals surface area contributed by atoms with Crippen molar-refractivity contribution in [3.63, 3.8) is 0 Å². The topological polar surface area (TPSA) is 92.9 Å². The molecule has 1 fully saturated rings. The van der Waals surface area contributed by atoms with Gasteiger partial charge in [0.1, 0.15) is 5.82 Å². The van der Waals surface area contributed by atoms with Crippen molar-refractivity contribution in [1.82, 2.24) is 9.97 Å². The molecular weight excluding hydrogens is 302 g/mol. The maximum absolute atomic E-state index is 11.7. The van der Waals surface area contributed by atoms with Crippen LogP contribution in [0.2, 0.25) is 0 Å². The number of rotatable bonds is 4. The number of aromatic nitrogens is 2. The van der Waals surface area contributed by atoms with Crippen molar-refractivity contribution >= 4 is 17.7 Å². The van der Waals surface area contributed by atoms with Crippen molar-refractivity contribution in [2.24, 2.45) is 17.1 Å². The van der Waals surface area contributed by atoms with Crippen molar-refractivity contribution in [1.29, 1.82) is 0 Å². The van der Waals surface area contributed by atoms with Gasteiger partial charge in [-0.3, -0.25) is 4.79 Å². The molecule has 4 N–H and O–H groups in total. The molecule has 0 bridgehead atoms. The minimum Gasteiger partial charge on any atom is -0.366 e. The fourth-order valence-corrected chi connectivity index (χ4v) is 3.05. The third kappa shape index (κ3) is 4.58. The van der Waals surface area contributed by atoms with E-state index < -0.39 is 5.91 Å². The molecule has 1 aromatic heterocycles. The van der Waals surface area contributed by atoms with Gasteiger partial charge in [0, 0.05) is 17.8 Å². The minimum atomic E-state index is -0.510. The van der Waals surface area contributed by atoms with E-state index in [1.807, 2.05) is 20.8 Å². The van der Waals surface area contributed by atoms with Crippen LogP contribution in [-0.4, -0.2) is 27.5 Å². The summed E-state index contributed by atoms with van der Waals surface area (Å²) >= 11 is 0. The second kappa shape index (κ2) is 6.57. The van der Waals surface area contributed by atoms with Crippen LogP contribution in [0, 0.1) is 11.3 Å². The molecule has 134 valence electrons. The van der Waals surface area contributed by atoms with E-state index in [2.05, 4.69) is 41.4 Å². The average Bonchev–Trinajstić information content (AvgIpc) is 2.41. The second-order valence-electron chi connectivity index (χ2n) is 8.70. The summed E-state index contributed by atoms with van der Waals surface area (Å²) in [7, 11) is 0. The lowest BCUT2D eigenvalue weighted by atomic mass is 9.68. The summed E-state index contributed by atoms with van der Waals surface area (Å²) in [5, 5.41) is 6.67. The molecule has 1 aromatic rings. The predicted octanol–water partition coefficient (Wildman–Crippen LogP) is 3.41. The molecule has 24 heavy (non-hydrogen) atoms. The van der Waals surface area contributed by atoms with Crippen LogP contribution in [0.15, 0.2) is 6.20 Å². The number of nitrogens with two attached hydrogens (primary N) is 1. The largest absolute Gasteiger partial charge is 0.366 e. The Morgan fingerprint density at radius 2 is 2.04 bits per heavy atom. The van der Waals surface area contributed by atoms with Crippen molar-refractivity contribution < 1.29 is 4.79 Å². The molecule has 0 unspecified atom stereocenters. The Bertz CT molecular complexity index is 606. The van der Waals surface area contributed by atoms with Crippen LogP contribution in [0.4, 0.5) is 11.8 Å². The summed E-state index contributed by atoms with van der Waals surface area (Å²) < 4.78 is 0. The van der Waals surface area contributed by atoms with Crippen molar-refractivity contribution in [2.45, 2.75) is 72.4 Å². The Kier molecular flexibility index (Phi) is 5.06. The van der Waals surface area contributed by atoms with E-state index in [4.69, 9.17) is 5.73 Å². The van der Waals surface area contributed by atoms with Gasteiger partial charge >= 0.3 is 0 Å². The highest BCUT2D eigenvalue weighted by Crippen LogP contribution is 2.41. The Hall–Kier alpha value is -1.85. The predicted molar refractivity (Wildman–Crippen MR) is 98.1 cm³/mol. The smallest absolute Gasteiger partial charge is 0.254 e. The normalized spacial score (nSPS) is 23.6. The highest BCUT2D eigenvalue weighted by Gasteiger charge is 2.34. The van der Waals surface area contributed by atoms with Gasteiger partial charge in [-0.05, 0) is 51.4 Å². The van der Waals surface area contributed by atoms with Crippen molar-refractivity contribution in [3.8, 4) is 0 Å². The number of hydrogen-bond acceptors (Lipinski definition) is 5. The van der Waals surface area contributed by atoms with Crippen LogP contribution in [0.3, 0.4) is 0 Å². The summed E-state index contributed by atoms with van der Waals surface area (Å²) in [5.74, 6) is 1.12. The first-order valence-electron chi connectivity index (χ1n) is 8.69. The number of carbonyl (C=O) groups excluding carboxylic acids is 1. The number of amides is 1. The zero-order chi connectivity index (χ0) is 18.1. The second-order valence-corrected chi connectivity index (χ2v) is 8.70. The van der Waals surface area contributed by atoms with E-state index in [1.165, 1.54) is 6.20 Å². The lowest BCUT2D eigenvalue weighted by molar-refractivity contribution is 0.1000. The van der Waals surface area contributed by atoms with Crippen LogP contribution in [0.1, 0.15) is 71.2 Å². The van der Waals surface area contributed by atoms with E-state index in [-0.39, 0.29) is 5.54 Å². The molecule has 0 radical (unpaired) electrons. The standard InChI is InChI=1S/C18H31N5O/c1-11-9-12(7-8-18(11,5)6)21-15-13(14(19)24)10-20-16(22-15)23-17(2,3)4/h10-12H,7-9H2,1-6H3,(H2,19,24)(H2,20,21,22,23)/t11-,12-/m1/s1.